The maximum absolute atomic E-state index is 12.5. The molecule has 0 aliphatic carbocycles. The first-order valence-corrected chi connectivity index (χ1v) is 9.20. The Kier molecular flexibility index (Phi) is 6.12. The first-order valence-electron chi connectivity index (χ1n) is 7.76. The third-order valence-electron chi connectivity index (χ3n) is 3.70. The number of nitrogens with zero attached hydrogens (tertiary/aromatic N) is 1. The molecule has 0 fully saturated rings. The Morgan fingerprint density at radius 3 is 2.31 bits per heavy atom. The highest BCUT2D eigenvalue weighted by Crippen LogP contribution is 2.17. The van der Waals surface area contributed by atoms with Crippen LogP contribution in [0.1, 0.15) is 15.9 Å². The number of hydrogen-bond acceptors (Lipinski definition) is 5. The van der Waals surface area contributed by atoms with Gasteiger partial charge >= 0.3 is 5.97 Å². The summed E-state index contributed by atoms with van der Waals surface area (Å²) in [5.74, 6) is -1.17. The quantitative estimate of drug-likeness (QED) is 0.779. The molecule has 0 bridgehead atoms. The number of likely N-dealkylation sites (N-methyl/N-ethyl adjacent to an activating group) is 1. The minimum absolute atomic E-state index is 0.105. The summed E-state index contributed by atoms with van der Waals surface area (Å²) in [6.45, 7) is 1.46. The number of carbonyl (C=O) groups excluding carboxylic acids is 2. The second kappa shape index (κ2) is 8.11. The number of nitrogens with one attached hydrogen (secondary N) is 1. The van der Waals surface area contributed by atoms with E-state index in [1.807, 2.05) is 6.92 Å². The third-order valence-corrected chi connectivity index (χ3v) is 5.52. The average Bonchev–Trinajstić information content (AvgIpc) is 2.61. The van der Waals surface area contributed by atoms with Crippen LogP contribution >= 0.6 is 0 Å². The zero-order chi connectivity index (χ0) is 19.3. The summed E-state index contributed by atoms with van der Waals surface area (Å²) >= 11 is 0. The molecule has 0 unspecified atom stereocenters. The van der Waals surface area contributed by atoms with Crippen molar-refractivity contribution >= 4 is 27.6 Å². The zero-order valence-electron chi connectivity index (χ0n) is 14.7. The number of benzene rings is 2. The minimum atomic E-state index is -3.79. The van der Waals surface area contributed by atoms with Crippen molar-refractivity contribution < 1.29 is 22.7 Å². The Balaban J connectivity index is 2.13. The van der Waals surface area contributed by atoms with E-state index >= 15 is 0 Å². The SMILES string of the molecule is COC(=O)c1ccccc1NC(=O)CN(C)S(=O)(=O)c1ccc(C)cc1. The number of sulfonamides is 1. The highest BCUT2D eigenvalue weighted by atomic mass is 32.2. The van der Waals surface area contributed by atoms with E-state index in [0.29, 0.717) is 0 Å². The standard InChI is InChI=1S/C18H20N2O5S/c1-13-8-10-14(11-9-13)26(23,24)20(2)12-17(21)19-16-7-5-4-6-15(16)18(22)25-3/h4-11H,12H2,1-3H3,(H,19,21). The van der Waals surface area contributed by atoms with Crippen molar-refractivity contribution in [3.05, 3.63) is 59.7 Å². The van der Waals surface area contributed by atoms with E-state index in [-0.39, 0.29) is 16.1 Å². The molecule has 0 spiro atoms. The molecule has 0 aromatic heterocycles. The number of amides is 1. The summed E-state index contributed by atoms with van der Waals surface area (Å²) < 4.78 is 30.7. The lowest BCUT2D eigenvalue weighted by Crippen LogP contribution is -2.35. The number of hydrogen-bond donors (Lipinski definition) is 1. The van der Waals surface area contributed by atoms with Crippen LogP contribution in [-0.2, 0) is 19.6 Å². The lowest BCUT2D eigenvalue weighted by Gasteiger charge is -2.17. The molecule has 1 amide bonds. The molecule has 0 saturated carbocycles. The van der Waals surface area contributed by atoms with Gasteiger partial charge in [-0.2, -0.15) is 4.31 Å². The summed E-state index contributed by atoms with van der Waals surface area (Å²) in [5.41, 5.74) is 1.38. The normalized spacial score (nSPS) is 11.2. The molecule has 2 aromatic rings. The van der Waals surface area contributed by atoms with Crippen LogP contribution in [0.2, 0.25) is 0 Å². The van der Waals surface area contributed by atoms with Gasteiger partial charge in [-0.15, -0.1) is 0 Å². The number of anilines is 1. The molecule has 26 heavy (non-hydrogen) atoms. The van der Waals surface area contributed by atoms with Gasteiger partial charge in [0.15, 0.2) is 0 Å². The lowest BCUT2D eigenvalue weighted by molar-refractivity contribution is -0.116. The van der Waals surface area contributed by atoms with Gasteiger partial charge < -0.3 is 10.1 Å². The second-order valence-electron chi connectivity index (χ2n) is 5.66. The summed E-state index contributed by atoms with van der Waals surface area (Å²) in [5, 5.41) is 2.54. The highest BCUT2D eigenvalue weighted by Gasteiger charge is 2.23. The highest BCUT2D eigenvalue weighted by molar-refractivity contribution is 7.89. The molecule has 0 saturated heterocycles. The smallest absolute Gasteiger partial charge is 0.339 e. The van der Waals surface area contributed by atoms with Gasteiger partial charge in [0.1, 0.15) is 0 Å². The molecule has 0 heterocycles. The van der Waals surface area contributed by atoms with E-state index in [9.17, 15) is 18.0 Å². The van der Waals surface area contributed by atoms with E-state index in [1.54, 1.807) is 30.3 Å². The molecule has 2 rings (SSSR count). The largest absolute Gasteiger partial charge is 0.465 e. The molecule has 0 aliphatic heterocycles. The molecule has 1 N–H and O–H groups in total. The van der Waals surface area contributed by atoms with Crippen LogP contribution in [0.15, 0.2) is 53.4 Å². The minimum Gasteiger partial charge on any atom is -0.465 e. The molecule has 8 heteroatoms. The number of esters is 1. The summed E-state index contributed by atoms with van der Waals surface area (Å²) in [7, 11) is -1.23. The van der Waals surface area contributed by atoms with Crippen LogP contribution in [0.25, 0.3) is 0 Å². The van der Waals surface area contributed by atoms with Crippen molar-refractivity contribution in [3.63, 3.8) is 0 Å². The second-order valence-corrected chi connectivity index (χ2v) is 7.70. The topological polar surface area (TPSA) is 92.8 Å². The van der Waals surface area contributed by atoms with E-state index in [1.165, 1.54) is 32.4 Å². The van der Waals surface area contributed by atoms with E-state index in [0.717, 1.165) is 9.87 Å². The van der Waals surface area contributed by atoms with E-state index < -0.39 is 28.4 Å². The maximum atomic E-state index is 12.5. The fourth-order valence-corrected chi connectivity index (χ4v) is 3.37. The molecular formula is C18H20N2O5S. The van der Waals surface area contributed by atoms with Gasteiger partial charge in [0.05, 0.1) is 29.8 Å². The van der Waals surface area contributed by atoms with Gasteiger partial charge in [-0.05, 0) is 31.2 Å². The number of aryl methyl sites for hydroxylation is 1. The number of para-hydroxylation sites is 1. The molecule has 0 aliphatic rings. The number of ether oxygens (including phenoxy) is 1. The van der Waals surface area contributed by atoms with Crippen LogP contribution in [0, 0.1) is 6.92 Å². The fourth-order valence-electron chi connectivity index (χ4n) is 2.25. The number of methoxy groups -OCH3 is 1. The molecular weight excluding hydrogens is 356 g/mol. The van der Waals surface area contributed by atoms with Crippen LogP contribution in [0.3, 0.4) is 0 Å². The molecule has 7 nitrogen and oxygen atoms in total. The van der Waals surface area contributed by atoms with Crippen LogP contribution < -0.4 is 5.32 Å². The lowest BCUT2D eigenvalue weighted by atomic mass is 10.2. The third kappa shape index (κ3) is 4.47. The van der Waals surface area contributed by atoms with Gasteiger partial charge in [0.25, 0.3) is 0 Å². The predicted molar refractivity (Wildman–Crippen MR) is 97.4 cm³/mol. The van der Waals surface area contributed by atoms with Crippen molar-refractivity contribution in [1.29, 1.82) is 0 Å². The van der Waals surface area contributed by atoms with Crippen molar-refractivity contribution in [2.24, 2.45) is 0 Å². The van der Waals surface area contributed by atoms with Crippen molar-refractivity contribution in [1.82, 2.24) is 4.31 Å². The predicted octanol–water partition coefficient (Wildman–Crippen LogP) is 2.04. The first-order chi connectivity index (χ1) is 12.3. The molecule has 0 radical (unpaired) electrons. The summed E-state index contributed by atoms with van der Waals surface area (Å²) in [6, 6.07) is 12.7. The van der Waals surface area contributed by atoms with Crippen molar-refractivity contribution in [3.8, 4) is 0 Å². The summed E-state index contributed by atoms with van der Waals surface area (Å²) in [4.78, 5) is 24.1. The fraction of sp³-hybridized carbons (Fsp3) is 0.222. The van der Waals surface area contributed by atoms with Crippen LogP contribution in [-0.4, -0.2) is 45.3 Å². The van der Waals surface area contributed by atoms with E-state index in [2.05, 4.69) is 10.1 Å². The van der Waals surface area contributed by atoms with Crippen molar-refractivity contribution in [2.45, 2.75) is 11.8 Å². The Morgan fingerprint density at radius 2 is 1.69 bits per heavy atom. The van der Waals surface area contributed by atoms with Crippen LogP contribution in [0.5, 0.6) is 0 Å². The maximum Gasteiger partial charge on any atom is 0.339 e. The number of rotatable bonds is 6. The molecule has 138 valence electrons. The zero-order valence-corrected chi connectivity index (χ0v) is 15.5. The van der Waals surface area contributed by atoms with Gasteiger partial charge in [-0.1, -0.05) is 29.8 Å². The molecule has 0 atom stereocenters. The Hall–Kier alpha value is -2.71. The van der Waals surface area contributed by atoms with Gasteiger partial charge in [0, 0.05) is 7.05 Å². The number of carbonyl (C=O) groups is 2. The first kappa shape index (κ1) is 19.6. The van der Waals surface area contributed by atoms with E-state index in [4.69, 9.17) is 0 Å². The Morgan fingerprint density at radius 1 is 1.08 bits per heavy atom. The Bertz CT molecular complexity index is 907. The van der Waals surface area contributed by atoms with Gasteiger partial charge in [-0.25, -0.2) is 13.2 Å². The average molecular weight is 376 g/mol. The monoisotopic (exact) mass is 376 g/mol. The van der Waals surface area contributed by atoms with Gasteiger partial charge in [-0.3, -0.25) is 4.79 Å². The van der Waals surface area contributed by atoms with Crippen LogP contribution in [0.4, 0.5) is 5.69 Å². The molecule has 2 aromatic carbocycles. The van der Waals surface area contributed by atoms with Gasteiger partial charge in [0.2, 0.25) is 15.9 Å². The summed E-state index contributed by atoms with van der Waals surface area (Å²) in [6.07, 6.45) is 0. The Labute approximate surface area is 152 Å². The van der Waals surface area contributed by atoms with Crippen molar-refractivity contribution in [2.75, 3.05) is 26.0 Å².